The van der Waals surface area contributed by atoms with Gasteiger partial charge in [0, 0.05) is 37.8 Å². The molecule has 0 aliphatic carbocycles. The van der Waals surface area contributed by atoms with Crippen LogP contribution in [0.4, 0.5) is 0 Å². The van der Waals surface area contributed by atoms with Crippen LogP contribution >= 0.6 is 0 Å². The zero-order valence-electron chi connectivity index (χ0n) is 12.3. The van der Waals surface area contributed by atoms with Crippen molar-refractivity contribution < 1.29 is 0 Å². The highest BCUT2D eigenvalue weighted by molar-refractivity contribution is 4.98. The molecule has 2 atom stereocenters. The molecule has 0 N–H and O–H groups in total. The summed E-state index contributed by atoms with van der Waals surface area (Å²) in [6, 6.07) is 2.48. The molecule has 0 aromatic heterocycles. The van der Waals surface area contributed by atoms with Gasteiger partial charge < -0.3 is 9.80 Å². The molecular formula is C15H29N3. The van der Waals surface area contributed by atoms with Gasteiger partial charge in [-0.15, -0.1) is 0 Å². The van der Waals surface area contributed by atoms with Crippen LogP contribution in [0.15, 0.2) is 0 Å². The molecule has 0 aromatic rings. The number of hydrogen-bond donors (Lipinski definition) is 0. The molecule has 0 spiro atoms. The second kappa shape index (κ2) is 5.10. The van der Waals surface area contributed by atoms with Gasteiger partial charge in [-0.05, 0) is 59.2 Å². The van der Waals surface area contributed by atoms with Gasteiger partial charge in [0.05, 0.1) is 0 Å². The van der Waals surface area contributed by atoms with E-state index in [4.69, 9.17) is 0 Å². The van der Waals surface area contributed by atoms with Gasteiger partial charge in [0.15, 0.2) is 0 Å². The van der Waals surface area contributed by atoms with E-state index in [-0.39, 0.29) is 0 Å². The SMILES string of the molecule is CC(C)N1CCC(CN2C[C@H]3C[C@@H]2CN3C)CC1. The van der Waals surface area contributed by atoms with Gasteiger partial charge in [0.2, 0.25) is 0 Å². The van der Waals surface area contributed by atoms with Crippen molar-refractivity contribution in [2.24, 2.45) is 5.92 Å². The van der Waals surface area contributed by atoms with E-state index in [0.29, 0.717) is 0 Å². The number of nitrogens with zero attached hydrogens (tertiary/aromatic N) is 3. The lowest BCUT2D eigenvalue weighted by Crippen LogP contribution is -2.48. The van der Waals surface area contributed by atoms with E-state index < -0.39 is 0 Å². The number of fused-ring (bicyclic) bond motifs is 2. The van der Waals surface area contributed by atoms with E-state index in [1.807, 2.05) is 0 Å². The second-order valence-electron chi connectivity index (χ2n) is 7.01. The molecule has 0 saturated carbocycles. The Balaban J connectivity index is 1.45. The van der Waals surface area contributed by atoms with Crippen LogP contribution in [0.25, 0.3) is 0 Å². The summed E-state index contributed by atoms with van der Waals surface area (Å²) in [6.07, 6.45) is 4.27. The van der Waals surface area contributed by atoms with Gasteiger partial charge >= 0.3 is 0 Å². The van der Waals surface area contributed by atoms with Crippen LogP contribution in [0.2, 0.25) is 0 Å². The van der Waals surface area contributed by atoms with E-state index in [9.17, 15) is 0 Å². The highest BCUT2D eigenvalue weighted by atomic mass is 15.3. The Morgan fingerprint density at radius 3 is 2.28 bits per heavy atom. The molecule has 104 valence electrons. The monoisotopic (exact) mass is 251 g/mol. The van der Waals surface area contributed by atoms with Crippen molar-refractivity contribution in [3.8, 4) is 0 Å². The number of rotatable bonds is 3. The Morgan fingerprint density at radius 1 is 1.06 bits per heavy atom. The van der Waals surface area contributed by atoms with E-state index in [2.05, 4.69) is 35.6 Å². The molecule has 3 nitrogen and oxygen atoms in total. The zero-order valence-corrected chi connectivity index (χ0v) is 12.3. The zero-order chi connectivity index (χ0) is 12.7. The van der Waals surface area contributed by atoms with Gasteiger partial charge in [0.1, 0.15) is 0 Å². The van der Waals surface area contributed by atoms with E-state index >= 15 is 0 Å². The average Bonchev–Trinajstić information content (AvgIpc) is 2.88. The minimum Gasteiger partial charge on any atom is -0.301 e. The Labute approximate surface area is 112 Å². The summed E-state index contributed by atoms with van der Waals surface area (Å²) >= 11 is 0. The maximum Gasteiger partial charge on any atom is 0.0239 e. The number of likely N-dealkylation sites (tertiary alicyclic amines) is 3. The lowest BCUT2D eigenvalue weighted by atomic mass is 9.95. The first-order valence-corrected chi connectivity index (χ1v) is 7.82. The average molecular weight is 251 g/mol. The summed E-state index contributed by atoms with van der Waals surface area (Å²) in [6.45, 7) is 11.3. The summed E-state index contributed by atoms with van der Waals surface area (Å²) < 4.78 is 0. The van der Waals surface area contributed by atoms with Gasteiger partial charge in [-0.1, -0.05) is 0 Å². The molecular weight excluding hydrogens is 222 g/mol. The largest absolute Gasteiger partial charge is 0.301 e. The van der Waals surface area contributed by atoms with Gasteiger partial charge in [-0.3, -0.25) is 4.90 Å². The lowest BCUT2D eigenvalue weighted by molar-refractivity contribution is 0.0926. The number of hydrogen-bond acceptors (Lipinski definition) is 3. The summed E-state index contributed by atoms with van der Waals surface area (Å²) in [4.78, 5) is 7.99. The fourth-order valence-corrected chi connectivity index (χ4v) is 4.16. The minimum atomic E-state index is 0.738. The van der Waals surface area contributed by atoms with Crippen molar-refractivity contribution in [2.45, 2.75) is 51.2 Å². The first-order valence-electron chi connectivity index (χ1n) is 7.82. The Bertz CT molecular complexity index is 281. The molecule has 3 aliphatic rings. The molecule has 3 heteroatoms. The van der Waals surface area contributed by atoms with E-state index in [1.165, 1.54) is 52.0 Å². The third-order valence-electron chi connectivity index (χ3n) is 5.50. The van der Waals surface area contributed by atoms with Gasteiger partial charge in [-0.2, -0.15) is 0 Å². The van der Waals surface area contributed by atoms with Crippen molar-refractivity contribution >= 4 is 0 Å². The van der Waals surface area contributed by atoms with Gasteiger partial charge in [-0.25, -0.2) is 0 Å². The predicted octanol–water partition coefficient (Wildman–Crippen LogP) is 1.50. The van der Waals surface area contributed by atoms with Crippen LogP contribution in [-0.2, 0) is 0 Å². The quantitative estimate of drug-likeness (QED) is 0.752. The molecule has 2 bridgehead atoms. The molecule has 3 fully saturated rings. The molecule has 0 radical (unpaired) electrons. The van der Waals surface area contributed by atoms with Crippen molar-refractivity contribution in [3.63, 3.8) is 0 Å². The second-order valence-corrected chi connectivity index (χ2v) is 7.01. The molecule has 3 heterocycles. The Morgan fingerprint density at radius 2 is 1.78 bits per heavy atom. The number of piperidine rings is 1. The van der Waals surface area contributed by atoms with Gasteiger partial charge in [0.25, 0.3) is 0 Å². The highest BCUT2D eigenvalue weighted by Gasteiger charge is 2.41. The summed E-state index contributed by atoms with van der Waals surface area (Å²) in [5, 5.41) is 0. The molecule has 3 aliphatic heterocycles. The molecule has 0 amide bonds. The van der Waals surface area contributed by atoms with Crippen LogP contribution in [0.5, 0.6) is 0 Å². The molecule has 0 unspecified atom stereocenters. The summed E-state index contributed by atoms with van der Waals surface area (Å²) in [7, 11) is 2.29. The van der Waals surface area contributed by atoms with Crippen molar-refractivity contribution in [3.05, 3.63) is 0 Å². The van der Waals surface area contributed by atoms with E-state index in [1.54, 1.807) is 0 Å². The van der Waals surface area contributed by atoms with Crippen molar-refractivity contribution in [1.82, 2.24) is 14.7 Å². The number of piperazine rings is 1. The van der Waals surface area contributed by atoms with Crippen LogP contribution in [-0.4, -0.2) is 72.6 Å². The Hall–Kier alpha value is -0.120. The summed E-state index contributed by atoms with van der Waals surface area (Å²) in [5.74, 6) is 0.963. The maximum absolute atomic E-state index is 2.79. The Kier molecular flexibility index (Phi) is 3.65. The van der Waals surface area contributed by atoms with Crippen LogP contribution < -0.4 is 0 Å². The standard InChI is InChI=1S/C15H29N3/c1-12(2)17-6-4-13(5-7-17)9-18-11-14-8-15(18)10-16(14)3/h12-15H,4-11H2,1-3H3/t14-,15-/m1/s1. The van der Waals surface area contributed by atoms with Crippen LogP contribution in [0.1, 0.15) is 33.1 Å². The van der Waals surface area contributed by atoms with Crippen LogP contribution in [0, 0.1) is 5.92 Å². The van der Waals surface area contributed by atoms with Crippen LogP contribution in [0.3, 0.4) is 0 Å². The maximum atomic E-state index is 2.79. The minimum absolute atomic E-state index is 0.738. The molecule has 18 heavy (non-hydrogen) atoms. The van der Waals surface area contributed by atoms with Crippen molar-refractivity contribution in [1.29, 1.82) is 0 Å². The normalized spacial score (nSPS) is 36.0. The first kappa shape index (κ1) is 12.9. The molecule has 3 rings (SSSR count). The smallest absolute Gasteiger partial charge is 0.0239 e. The third-order valence-corrected chi connectivity index (χ3v) is 5.50. The lowest BCUT2D eigenvalue weighted by Gasteiger charge is -2.39. The molecule has 3 saturated heterocycles. The highest BCUT2D eigenvalue weighted by Crippen LogP contribution is 2.31. The topological polar surface area (TPSA) is 9.72 Å². The fourth-order valence-electron chi connectivity index (χ4n) is 4.16. The number of likely N-dealkylation sites (N-methyl/N-ethyl adjacent to an activating group) is 1. The first-order chi connectivity index (χ1) is 8.63. The fraction of sp³-hybridized carbons (Fsp3) is 1.00. The van der Waals surface area contributed by atoms with Crippen molar-refractivity contribution in [2.75, 3.05) is 39.8 Å². The van der Waals surface area contributed by atoms with E-state index in [0.717, 1.165) is 24.0 Å². The molecule has 0 aromatic carbocycles. The summed E-state index contributed by atoms with van der Waals surface area (Å²) in [5.41, 5.74) is 0. The third kappa shape index (κ3) is 2.45. The predicted molar refractivity (Wildman–Crippen MR) is 75.8 cm³/mol.